The van der Waals surface area contributed by atoms with Crippen LogP contribution in [0.1, 0.15) is 36.7 Å². The van der Waals surface area contributed by atoms with Crippen LogP contribution in [0, 0.1) is 6.92 Å². The van der Waals surface area contributed by atoms with E-state index in [2.05, 4.69) is 20.4 Å². The first kappa shape index (κ1) is 25.4. The van der Waals surface area contributed by atoms with Crippen LogP contribution >= 0.6 is 0 Å². The monoisotopic (exact) mass is 491 g/mol. The van der Waals surface area contributed by atoms with Crippen LogP contribution in [0.15, 0.2) is 52.9 Å². The molecule has 0 saturated carbocycles. The van der Waals surface area contributed by atoms with Crippen LogP contribution < -0.4 is 5.32 Å². The number of carbonyl (C=O) groups excluding carboxylic acids is 2. The van der Waals surface area contributed by atoms with Gasteiger partial charge in [-0.05, 0) is 64.1 Å². The Morgan fingerprint density at radius 3 is 2.28 bits per heavy atom. The van der Waals surface area contributed by atoms with Gasteiger partial charge in [0.15, 0.2) is 0 Å². The molecular formula is C27H33N5O4. The fourth-order valence-electron chi connectivity index (χ4n) is 3.91. The number of ether oxygens (including phenoxy) is 1. The second-order valence-electron chi connectivity index (χ2n) is 9.92. The van der Waals surface area contributed by atoms with Crippen molar-refractivity contribution in [2.24, 2.45) is 0 Å². The van der Waals surface area contributed by atoms with Crippen LogP contribution in [0.2, 0.25) is 0 Å². The molecule has 4 rings (SSSR count). The van der Waals surface area contributed by atoms with E-state index in [0.29, 0.717) is 37.0 Å². The second-order valence-corrected chi connectivity index (χ2v) is 9.92. The zero-order chi connectivity index (χ0) is 25.7. The minimum absolute atomic E-state index is 0.139. The van der Waals surface area contributed by atoms with Gasteiger partial charge >= 0.3 is 6.09 Å². The summed E-state index contributed by atoms with van der Waals surface area (Å²) in [5.41, 5.74) is 2.81. The molecule has 0 bridgehead atoms. The van der Waals surface area contributed by atoms with Gasteiger partial charge in [0, 0.05) is 56.0 Å². The van der Waals surface area contributed by atoms with E-state index in [1.807, 2.05) is 52.0 Å². The Labute approximate surface area is 211 Å². The number of hydrogen-bond donors (Lipinski definition) is 1. The van der Waals surface area contributed by atoms with Crippen molar-refractivity contribution in [1.82, 2.24) is 25.3 Å². The van der Waals surface area contributed by atoms with Gasteiger partial charge in [-0.25, -0.2) is 4.79 Å². The molecule has 1 N–H and O–H groups in total. The molecule has 9 nitrogen and oxygen atoms in total. The van der Waals surface area contributed by atoms with Crippen LogP contribution in [-0.4, -0.2) is 76.9 Å². The highest BCUT2D eigenvalue weighted by Crippen LogP contribution is 2.24. The molecule has 36 heavy (non-hydrogen) atoms. The lowest BCUT2D eigenvalue weighted by molar-refractivity contribution is 0.0147. The summed E-state index contributed by atoms with van der Waals surface area (Å²) < 4.78 is 11.3. The molecule has 3 aromatic rings. The molecular weight excluding hydrogens is 458 g/mol. The van der Waals surface area contributed by atoms with Gasteiger partial charge in [-0.1, -0.05) is 17.7 Å². The lowest BCUT2D eigenvalue weighted by Gasteiger charge is -2.35. The zero-order valence-corrected chi connectivity index (χ0v) is 21.3. The molecule has 0 spiro atoms. The zero-order valence-electron chi connectivity index (χ0n) is 21.3. The summed E-state index contributed by atoms with van der Waals surface area (Å²) in [6, 6.07) is 15.0. The van der Waals surface area contributed by atoms with E-state index in [1.165, 1.54) is 0 Å². The summed E-state index contributed by atoms with van der Waals surface area (Å²) in [5, 5.41) is 11.3. The van der Waals surface area contributed by atoms with Gasteiger partial charge in [-0.3, -0.25) is 9.69 Å². The summed E-state index contributed by atoms with van der Waals surface area (Å²) in [5.74, 6) is 0.728. The van der Waals surface area contributed by atoms with E-state index < -0.39 is 5.60 Å². The van der Waals surface area contributed by atoms with Crippen molar-refractivity contribution in [3.05, 3.63) is 59.7 Å². The number of piperazine rings is 1. The van der Waals surface area contributed by atoms with Crippen LogP contribution in [0.5, 0.6) is 0 Å². The number of rotatable bonds is 6. The first-order valence-electron chi connectivity index (χ1n) is 12.2. The SMILES string of the molecule is Cc1cccc(-c2nnc(-c3ccc(C(=O)NCCN4CCN(C(=O)OC(C)(C)C)CC4)cc3)o2)c1. The van der Waals surface area contributed by atoms with Crippen LogP contribution in [0.3, 0.4) is 0 Å². The van der Waals surface area contributed by atoms with Gasteiger partial charge in [-0.15, -0.1) is 10.2 Å². The minimum atomic E-state index is -0.494. The fourth-order valence-corrected chi connectivity index (χ4v) is 3.91. The molecule has 2 heterocycles. The van der Waals surface area contributed by atoms with E-state index in [0.717, 1.165) is 36.3 Å². The number of hydrogen-bond acceptors (Lipinski definition) is 7. The van der Waals surface area contributed by atoms with Crippen molar-refractivity contribution in [2.45, 2.75) is 33.3 Å². The molecule has 9 heteroatoms. The minimum Gasteiger partial charge on any atom is -0.444 e. The molecule has 1 aromatic heterocycles. The topological polar surface area (TPSA) is 101 Å². The number of aromatic nitrogens is 2. The summed E-state index contributed by atoms with van der Waals surface area (Å²) >= 11 is 0. The Morgan fingerprint density at radius 1 is 0.972 bits per heavy atom. The number of aryl methyl sites for hydroxylation is 1. The van der Waals surface area contributed by atoms with Crippen molar-refractivity contribution in [3.8, 4) is 22.9 Å². The Kier molecular flexibility index (Phi) is 7.69. The summed E-state index contributed by atoms with van der Waals surface area (Å²) in [6.07, 6.45) is -0.272. The molecule has 1 saturated heterocycles. The van der Waals surface area contributed by atoms with Gasteiger partial charge in [-0.2, -0.15) is 0 Å². The van der Waals surface area contributed by atoms with Crippen molar-refractivity contribution in [3.63, 3.8) is 0 Å². The number of nitrogens with zero attached hydrogens (tertiary/aromatic N) is 4. The maximum absolute atomic E-state index is 12.6. The smallest absolute Gasteiger partial charge is 0.410 e. The molecule has 0 radical (unpaired) electrons. The van der Waals surface area contributed by atoms with Crippen molar-refractivity contribution < 1.29 is 18.7 Å². The largest absolute Gasteiger partial charge is 0.444 e. The van der Waals surface area contributed by atoms with E-state index >= 15 is 0 Å². The number of carbonyl (C=O) groups is 2. The number of nitrogens with one attached hydrogen (secondary N) is 1. The summed E-state index contributed by atoms with van der Waals surface area (Å²) in [7, 11) is 0. The molecule has 0 aliphatic carbocycles. The van der Waals surface area contributed by atoms with Crippen LogP contribution in [0.25, 0.3) is 22.9 Å². The summed E-state index contributed by atoms with van der Waals surface area (Å²) in [4.78, 5) is 28.7. The third-order valence-electron chi connectivity index (χ3n) is 5.82. The molecule has 2 aromatic carbocycles. The van der Waals surface area contributed by atoms with Gasteiger partial charge in [0.25, 0.3) is 5.91 Å². The molecule has 0 unspecified atom stereocenters. The average Bonchev–Trinajstić information content (AvgIpc) is 3.34. The normalized spacial score (nSPS) is 14.5. The molecule has 2 amide bonds. The number of amides is 2. The molecule has 1 fully saturated rings. The Morgan fingerprint density at radius 2 is 1.64 bits per heavy atom. The van der Waals surface area contributed by atoms with Gasteiger partial charge in [0.05, 0.1) is 0 Å². The first-order chi connectivity index (χ1) is 17.2. The maximum Gasteiger partial charge on any atom is 0.410 e. The van der Waals surface area contributed by atoms with Gasteiger partial charge in [0.2, 0.25) is 11.8 Å². The second kappa shape index (κ2) is 10.9. The van der Waals surface area contributed by atoms with E-state index in [4.69, 9.17) is 9.15 Å². The predicted molar refractivity (Wildman–Crippen MR) is 136 cm³/mol. The third kappa shape index (κ3) is 6.69. The molecule has 1 aliphatic heterocycles. The lowest BCUT2D eigenvalue weighted by Crippen LogP contribution is -2.51. The third-order valence-corrected chi connectivity index (χ3v) is 5.82. The standard InChI is InChI=1S/C27H33N5O4/c1-19-6-5-7-22(18-19)25-30-29-24(35-25)21-10-8-20(9-11-21)23(33)28-12-13-31-14-16-32(17-15-31)26(34)36-27(2,3)4/h5-11,18H,12-17H2,1-4H3,(H,28,33). The number of benzene rings is 2. The summed E-state index contributed by atoms with van der Waals surface area (Å²) in [6.45, 7) is 11.6. The van der Waals surface area contributed by atoms with Crippen LogP contribution in [-0.2, 0) is 4.74 Å². The quantitative estimate of drug-likeness (QED) is 0.556. The first-order valence-corrected chi connectivity index (χ1v) is 12.2. The van der Waals surface area contributed by atoms with Crippen molar-refractivity contribution in [1.29, 1.82) is 0 Å². The molecule has 0 atom stereocenters. The van der Waals surface area contributed by atoms with Gasteiger partial charge in [0.1, 0.15) is 5.60 Å². The van der Waals surface area contributed by atoms with Crippen molar-refractivity contribution in [2.75, 3.05) is 39.3 Å². The predicted octanol–water partition coefficient (Wildman–Crippen LogP) is 3.99. The highest BCUT2D eigenvalue weighted by atomic mass is 16.6. The van der Waals surface area contributed by atoms with E-state index in [1.54, 1.807) is 29.2 Å². The van der Waals surface area contributed by atoms with E-state index in [-0.39, 0.29) is 12.0 Å². The maximum atomic E-state index is 12.6. The van der Waals surface area contributed by atoms with Crippen molar-refractivity contribution >= 4 is 12.0 Å². The lowest BCUT2D eigenvalue weighted by atomic mass is 10.1. The molecule has 190 valence electrons. The fraction of sp³-hybridized carbons (Fsp3) is 0.407. The van der Waals surface area contributed by atoms with Crippen LogP contribution in [0.4, 0.5) is 4.79 Å². The highest BCUT2D eigenvalue weighted by molar-refractivity contribution is 5.94. The van der Waals surface area contributed by atoms with E-state index in [9.17, 15) is 9.59 Å². The Balaban J connectivity index is 1.23. The molecule has 1 aliphatic rings. The highest BCUT2D eigenvalue weighted by Gasteiger charge is 2.25. The average molecular weight is 492 g/mol. The Bertz CT molecular complexity index is 1190. The Hall–Kier alpha value is -3.72. The van der Waals surface area contributed by atoms with Gasteiger partial charge < -0.3 is 19.4 Å².